The quantitative estimate of drug-likeness (QED) is 0.853. The van der Waals surface area contributed by atoms with Crippen molar-refractivity contribution in [2.45, 2.75) is 38.3 Å². The van der Waals surface area contributed by atoms with E-state index in [-0.39, 0.29) is 11.9 Å². The van der Waals surface area contributed by atoms with Crippen molar-refractivity contribution in [3.05, 3.63) is 35.4 Å². The number of benzene rings is 1. The lowest BCUT2D eigenvalue weighted by Gasteiger charge is -2.48. The summed E-state index contributed by atoms with van der Waals surface area (Å²) in [5.41, 5.74) is 2.32. The van der Waals surface area contributed by atoms with Crippen LogP contribution < -0.4 is 0 Å². The highest BCUT2D eigenvalue weighted by Crippen LogP contribution is 2.26. The maximum atomic E-state index is 12.9. The van der Waals surface area contributed by atoms with Crippen LogP contribution in [-0.2, 0) is 4.79 Å². The maximum absolute atomic E-state index is 12.9. The summed E-state index contributed by atoms with van der Waals surface area (Å²) in [5, 5.41) is 0. The molecule has 2 aliphatic heterocycles. The molecule has 2 fully saturated rings. The van der Waals surface area contributed by atoms with Gasteiger partial charge in [-0.15, -0.1) is 0 Å². The third-order valence-corrected chi connectivity index (χ3v) is 5.22. The van der Waals surface area contributed by atoms with Gasteiger partial charge in [0.2, 0.25) is 5.91 Å². The fraction of sp³-hybridized carbons (Fsp3) is 0.632. The first-order chi connectivity index (χ1) is 11.1. The van der Waals surface area contributed by atoms with Crippen LogP contribution in [-0.4, -0.2) is 66.9 Å². The fourth-order valence-electron chi connectivity index (χ4n) is 3.73. The van der Waals surface area contributed by atoms with Crippen molar-refractivity contribution in [2.24, 2.45) is 0 Å². The first-order valence-electron chi connectivity index (χ1n) is 8.82. The predicted octanol–water partition coefficient (Wildman–Crippen LogP) is 2.29. The van der Waals surface area contributed by atoms with Gasteiger partial charge in [0.25, 0.3) is 0 Å². The van der Waals surface area contributed by atoms with Gasteiger partial charge in [0.1, 0.15) is 6.04 Å². The Kier molecular flexibility index (Phi) is 5.02. The van der Waals surface area contributed by atoms with Gasteiger partial charge in [-0.05, 0) is 52.5 Å². The number of nitrogens with zero attached hydrogens (tertiary/aromatic N) is 3. The number of carbonyl (C=O) groups excluding carboxylic acids is 1. The smallest absolute Gasteiger partial charge is 0.244 e. The summed E-state index contributed by atoms with van der Waals surface area (Å²) in [6, 6.07) is 8.76. The van der Waals surface area contributed by atoms with E-state index in [0.29, 0.717) is 6.04 Å². The van der Waals surface area contributed by atoms with Crippen LogP contribution in [0.25, 0.3) is 0 Å². The monoisotopic (exact) mass is 315 g/mol. The van der Waals surface area contributed by atoms with Crippen molar-refractivity contribution in [3.63, 3.8) is 0 Å². The molecule has 4 nitrogen and oxygen atoms in total. The van der Waals surface area contributed by atoms with Gasteiger partial charge in [-0.2, -0.15) is 0 Å². The molecule has 3 rings (SSSR count). The highest BCUT2D eigenvalue weighted by molar-refractivity contribution is 5.84. The lowest BCUT2D eigenvalue weighted by molar-refractivity contribution is -0.144. The Morgan fingerprint density at radius 3 is 2.26 bits per heavy atom. The molecule has 0 radical (unpaired) electrons. The number of likely N-dealkylation sites (tertiary alicyclic amines) is 2. The van der Waals surface area contributed by atoms with Gasteiger partial charge in [-0.1, -0.05) is 36.2 Å². The molecule has 0 aliphatic carbocycles. The van der Waals surface area contributed by atoms with Gasteiger partial charge < -0.3 is 4.90 Å². The number of carbonyl (C=O) groups is 1. The van der Waals surface area contributed by atoms with Crippen LogP contribution in [0.15, 0.2) is 24.3 Å². The predicted molar refractivity (Wildman–Crippen MR) is 93.4 cm³/mol. The highest BCUT2D eigenvalue weighted by Gasteiger charge is 2.38. The van der Waals surface area contributed by atoms with Crippen molar-refractivity contribution in [1.29, 1.82) is 0 Å². The van der Waals surface area contributed by atoms with Crippen LogP contribution in [0.2, 0.25) is 0 Å². The molecular weight excluding hydrogens is 286 g/mol. The summed E-state index contributed by atoms with van der Waals surface area (Å²) in [6.07, 6.45) is 3.99. The van der Waals surface area contributed by atoms with E-state index in [2.05, 4.69) is 36.1 Å². The molecule has 0 saturated carbocycles. The zero-order chi connectivity index (χ0) is 16.4. The molecule has 0 aromatic heterocycles. The SMILES string of the molecule is Cc1ccc([C@H](C(=O)N2CC(N3CCCCC3)C2)N(C)C)cc1. The van der Waals surface area contributed by atoms with Gasteiger partial charge in [-0.25, -0.2) is 0 Å². The number of rotatable bonds is 4. The summed E-state index contributed by atoms with van der Waals surface area (Å²) in [7, 11) is 3.98. The van der Waals surface area contributed by atoms with Gasteiger partial charge in [0, 0.05) is 19.1 Å². The van der Waals surface area contributed by atoms with E-state index >= 15 is 0 Å². The summed E-state index contributed by atoms with van der Waals surface area (Å²) in [4.78, 5) is 19.6. The second kappa shape index (κ2) is 7.02. The van der Waals surface area contributed by atoms with Crippen molar-refractivity contribution in [1.82, 2.24) is 14.7 Å². The number of likely N-dealkylation sites (N-methyl/N-ethyl adjacent to an activating group) is 1. The molecule has 1 atom stereocenters. The Labute approximate surface area is 140 Å². The van der Waals surface area contributed by atoms with Crippen molar-refractivity contribution in [2.75, 3.05) is 40.3 Å². The molecule has 2 heterocycles. The normalized spacial score (nSPS) is 21.3. The Morgan fingerprint density at radius 1 is 1.09 bits per heavy atom. The summed E-state index contributed by atoms with van der Waals surface area (Å²) in [6.45, 7) is 6.29. The largest absolute Gasteiger partial charge is 0.338 e. The standard InChI is InChI=1S/C19H29N3O/c1-15-7-9-16(10-8-15)18(20(2)3)19(23)22-13-17(14-22)21-11-5-4-6-12-21/h7-10,17-18H,4-6,11-14H2,1-3H3/t18-/m1/s1. The average Bonchev–Trinajstić information content (AvgIpc) is 2.49. The summed E-state index contributed by atoms with van der Waals surface area (Å²) < 4.78 is 0. The van der Waals surface area contributed by atoms with E-state index in [1.807, 2.05) is 23.9 Å². The molecule has 0 N–H and O–H groups in total. The Bertz CT molecular complexity index is 528. The van der Waals surface area contributed by atoms with E-state index in [0.717, 1.165) is 18.7 Å². The second-order valence-electron chi connectivity index (χ2n) is 7.27. The number of piperidine rings is 1. The minimum atomic E-state index is -0.169. The Balaban J connectivity index is 1.62. The average molecular weight is 315 g/mol. The molecular formula is C19H29N3O. The first-order valence-corrected chi connectivity index (χ1v) is 8.82. The van der Waals surface area contributed by atoms with Crippen LogP contribution >= 0.6 is 0 Å². The van der Waals surface area contributed by atoms with E-state index < -0.39 is 0 Å². The minimum absolute atomic E-state index is 0.169. The Hall–Kier alpha value is -1.39. The molecule has 2 saturated heterocycles. The molecule has 1 amide bonds. The number of hydrogen-bond acceptors (Lipinski definition) is 3. The molecule has 0 unspecified atom stereocenters. The fourth-order valence-corrected chi connectivity index (χ4v) is 3.73. The van der Waals surface area contributed by atoms with Crippen LogP contribution in [0.5, 0.6) is 0 Å². The third-order valence-electron chi connectivity index (χ3n) is 5.22. The van der Waals surface area contributed by atoms with Crippen molar-refractivity contribution >= 4 is 5.91 Å². The molecule has 1 aromatic rings. The number of aryl methyl sites for hydroxylation is 1. The van der Waals surface area contributed by atoms with E-state index in [9.17, 15) is 4.79 Å². The van der Waals surface area contributed by atoms with E-state index in [1.165, 1.54) is 37.9 Å². The number of hydrogen-bond donors (Lipinski definition) is 0. The minimum Gasteiger partial charge on any atom is -0.338 e. The van der Waals surface area contributed by atoms with Gasteiger partial charge in [-0.3, -0.25) is 14.6 Å². The zero-order valence-electron chi connectivity index (χ0n) is 14.7. The molecule has 23 heavy (non-hydrogen) atoms. The Morgan fingerprint density at radius 2 is 1.70 bits per heavy atom. The topological polar surface area (TPSA) is 26.8 Å². The van der Waals surface area contributed by atoms with Crippen molar-refractivity contribution < 1.29 is 4.79 Å². The van der Waals surface area contributed by atoms with E-state index in [4.69, 9.17) is 0 Å². The molecule has 0 spiro atoms. The molecule has 126 valence electrons. The second-order valence-corrected chi connectivity index (χ2v) is 7.27. The molecule has 2 aliphatic rings. The molecule has 0 bridgehead atoms. The summed E-state index contributed by atoms with van der Waals surface area (Å²) >= 11 is 0. The first kappa shape index (κ1) is 16.5. The lowest BCUT2D eigenvalue weighted by atomic mass is 9.98. The number of amides is 1. The van der Waals surface area contributed by atoms with Crippen LogP contribution in [0.4, 0.5) is 0 Å². The van der Waals surface area contributed by atoms with Gasteiger partial charge >= 0.3 is 0 Å². The van der Waals surface area contributed by atoms with Crippen LogP contribution in [0, 0.1) is 6.92 Å². The highest BCUT2D eigenvalue weighted by atomic mass is 16.2. The van der Waals surface area contributed by atoms with Gasteiger partial charge in [0.05, 0.1) is 0 Å². The van der Waals surface area contributed by atoms with Gasteiger partial charge in [0.15, 0.2) is 0 Å². The lowest BCUT2D eigenvalue weighted by Crippen LogP contribution is -2.63. The maximum Gasteiger partial charge on any atom is 0.244 e. The zero-order valence-corrected chi connectivity index (χ0v) is 14.7. The van der Waals surface area contributed by atoms with Crippen molar-refractivity contribution in [3.8, 4) is 0 Å². The molecule has 4 heteroatoms. The van der Waals surface area contributed by atoms with Crippen LogP contribution in [0.3, 0.4) is 0 Å². The summed E-state index contributed by atoms with van der Waals surface area (Å²) in [5.74, 6) is 0.243. The van der Waals surface area contributed by atoms with Crippen LogP contribution in [0.1, 0.15) is 36.4 Å². The third kappa shape index (κ3) is 3.59. The van der Waals surface area contributed by atoms with E-state index in [1.54, 1.807) is 0 Å². The molecule has 1 aromatic carbocycles.